The monoisotopic (exact) mass is 390 g/mol. The predicted molar refractivity (Wildman–Crippen MR) is 104 cm³/mol. The minimum atomic E-state index is 0. The largest absolute Gasteiger partial charge is 0.334 e. The van der Waals surface area contributed by atoms with Gasteiger partial charge in [0.05, 0.1) is 6.54 Å². The van der Waals surface area contributed by atoms with Crippen LogP contribution in [0.15, 0.2) is 59.1 Å². The maximum Gasteiger partial charge on any atom is 0.257 e. The summed E-state index contributed by atoms with van der Waals surface area (Å²) in [5.74, 6) is 1.25. The SMILES string of the molecule is Cl.Clc1ccccc1C1CNCCN1Cc1noc(-c2ccccc2)n1. The first kappa shape index (κ1) is 18.9. The van der Waals surface area contributed by atoms with E-state index in [1.54, 1.807) is 0 Å². The molecule has 0 amide bonds. The van der Waals surface area contributed by atoms with E-state index >= 15 is 0 Å². The topological polar surface area (TPSA) is 54.2 Å². The number of piperazine rings is 1. The van der Waals surface area contributed by atoms with E-state index in [1.807, 2.05) is 48.5 Å². The fraction of sp³-hybridized carbons (Fsp3) is 0.263. The van der Waals surface area contributed by atoms with E-state index in [0.717, 1.165) is 35.8 Å². The van der Waals surface area contributed by atoms with Gasteiger partial charge in [-0.3, -0.25) is 4.90 Å². The van der Waals surface area contributed by atoms with Crippen molar-refractivity contribution < 1.29 is 4.52 Å². The van der Waals surface area contributed by atoms with Gasteiger partial charge in [-0.2, -0.15) is 4.98 Å². The number of rotatable bonds is 4. The number of nitrogens with one attached hydrogen (secondary N) is 1. The minimum absolute atomic E-state index is 0. The van der Waals surface area contributed by atoms with E-state index in [-0.39, 0.29) is 18.4 Å². The number of nitrogens with zero attached hydrogens (tertiary/aromatic N) is 3. The van der Waals surface area contributed by atoms with Crippen LogP contribution in [-0.2, 0) is 6.54 Å². The molecule has 0 saturated carbocycles. The second-order valence-corrected chi connectivity index (χ2v) is 6.50. The minimum Gasteiger partial charge on any atom is -0.334 e. The highest BCUT2D eigenvalue weighted by Gasteiger charge is 2.26. The van der Waals surface area contributed by atoms with Crippen molar-refractivity contribution in [2.75, 3.05) is 19.6 Å². The fourth-order valence-electron chi connectivity index (χ4n) is 3.19. The molecule has 5 nitrogen and oxygen atoms in total. The molecule has 26 heavy (non-hydrogen) atoms. The van der Waals surface area contributed by atoms with E-state index in [2.05, 4.69) is 26.4 Å². The summed E-state index contributed by atoms with van der Waals surface area (Å²) in [6.45, 7) is 3.33. The van der Waals surface area contributed by atoms with Crippen LogP contribution in [0.4, 0.5) is 0 Å². The molecule has 1 unspecified atom stereocenters. The molecular weight excluding hydrogens is 371 g/mol. The molecule has 0 spiro atoms. The van der Waals surface area contributed by atoms with Gasteiger partial charge in [0.1, 0.15) is 0 Å². The van der Waals surface area contributed by atoms with Gasteiger partial charge in [-0.1, -0.05) is 53.2 Å². The molecule has 1 aliphatic rings. The van der Waals surface area contributed by atoms with Gasteiger partial charge < -0.3 is 9.84 Å². The van der Waals surface area contributed by atoms with Crippen molar-refractivity contribution in [2.24, 2.45) is 0 Å². The van der Waals surface area contributed by atoms with Crippen LogP contribution in [0.5, 0.6) is 0 Å². The second-order valence-electron chi connectivity index (χ2n) is 6.09. The van der Waals surface area contributed by atoms with Crippen molar-refractivity contribution >= 4 is 24.0 Å². The Bertz CT molecular complexity index is 840. The molecule has 1 aromatic heterocycles. The van der Waals surface area contributed by atoms with Gasteiger partial charge in [-0.05, 0) is 23.8 Å². The van der Waals surface area contributed by atoms with Gasteiger partial charge in [0.25, 0.3) is 5.89 Å². The third-order valence-corrected chi connectivity index (χ3v) is 4.80. The lowest BCUT2D eigenvalue weighted by atomic mass is 10.0. The van der Waals surface area contributed by atoms with Crippen LogP contribution >= 0.6 is 24.0 Å². The highest BCUT2D eigenvalue weighted by Crippen LogP contribution is 2.29. The summed E-state index contributed by atoms with van der Waals surface area (Å²) in [4.78, 5) is 6.90. The molecule has 1 atom stereocenters. The van der Waals surface area contributed by atoms with Gasteiger partial charge in [-0.15, -0.1) is 12.4 Å². The number of halogens is 2. The molecule has 0 radical (unpaired) electrons. The third kappa shape index (κ3) is 4.07. The van der Waals surface area contributed by atoms with Crippen LogP contribution in [0.25, 0.3) is 11.5 Å². The molecule has 3 aromatic rings. The molecule has 0 bridgehead atoms. The van der Waals surface area contributed by atoms with Crippen LogP contribution in [0.3, 0.4) is 0 Å². The fourth-order valence-corrected chi connectivity index (χ4v) is 3.45. The normalized spacial score (nSPS) is 17.7. The highest BCUT2D eigenvalue weighted by molar-refractivity contribution is 6.31. The van der Waals surface area contributed by atoms with E-state index < -0.39 is 0 Å². The molecule has 1 aliphatic heterocycles. The van der Waals surface area contributed by atoms with Crippen LogP contribution in [0, 0.1) is 0 Å². The van der Waals surface area contributed by atoms with Crippen LogP contribution < -0.4 is 5.32 Å². The Balaban J connectivity index is 0.00000196. The van der Waals surface area contributed by atoms with E-state index in [4.69, 9.17) is 16.1 Å². The summed E-state index contributed by atoms with van der Waals surface area (Å²) < 4.78 is 5.43. The Morgan fingerprint density at radius 3 is 2.69 bits per heavy atom. The molecule has 0 aliphatic carbocycles. The molecular formula is C19H20Cl2N4O. The molecule has 1 saturated heterocycles. The quantitative estimate of drug-likeness (QED) is 0.730. The number of hydrogen-bond acceptors (Lipinski definition) is 5. The van der Waals surface area contributed by atoms with E-state index in [9.17, 15) is 0 Å². The molecule has 2 heterocycles. The molecule has 2 aromatic carbocycles. The Kier molecular flexibility index (Phi) is 6.27. The van der Waals surface area contributed by atoms with Gasteiger partial charge in [-0.25, -0.2) is 0 Å². The van der Waals surface area contributed by atoms with E-state index in [1.165, 1.54) is 0 Å². The highest BCUT2D eigenvalue weighted by atomic mass is 35.5. The van der Waals surface area contributed by atoms with Gasteiger partial charge in [0.15, 0.2) is 5.82 Å². The summed E-state index contributed by atoms with van der Waals surface area (Å²) in [7, 11) is 0. The molecule has 7 heteroatoms. The maximum absolute atomic E-state index is 6.41. The van der Waals surface area contributed by atoms with Gasteiger partial charge >= 0.3 is 0 Å². The predicted octanol–water partition coefficient (Wildman–Crippen LogP) is 3.96. The standard InChI is InChI=1S/C19H19ClN4O.ClH/c20-16-9-5-4-8-15(16)17-12-21-10-11-24(17)13-18-22-19(25-23-18)14-6-2-1-3-7-14;/h1-9,17,21H,10-13H2;1H. The van der Waals surface area contributed by atoms with Crippen LogP contribution in [0.2, 0.25) is 5.02 Å². The summed E-state index contributed by atoms with van der Waals surface area (Å²) >= 11 is 6.41. The van der Waals surface area contributed by atoms with Crippen molar-refractivity contribution in [3.8, 4) is 11.5 Å². The Labute approximate surface area is 163 Å². The number of benzene rings is 2. The number of aromatic nitrogens is 2. The summed E-state index contributed by atoms with van der Waals surface area (Å²) in [5, 5.41) is 8.39. The summed E-state index contributed by atoms with van der Waals surface area (Å²) in [5.41, 5.74) is 2.06. The lowest BCUT2D eigenvalue weighted by Crippen LogP contribution is -2.45. The lowest BCUT2D eigenvalue weighted by molar-refractivity contribution is 0.148. The van der Waals surface area contributed by atoms with Gasteiger partial charge in [0.2, 0.25) is 0 Å². The zero-order valence-electron chi connectivity index (χ0n) is 14.1. The molecule has 4 rings (SSSR count). The summed E-state index contributed by atoms with van der Waals surface area (Å²) in [6, 6.07) is 18.0. The first-order chi connectivity index (χ1) is 12.3. The first-order valence-electron chi connectivity index (χ1n) is 8.38. The Morgan fingerprint density at radius 2 is 1.88 bits per heavy atom. The van der Waals surface area contributed by atoms with E-state index in [0.29, 0.717) is 18.3 Å². The Morgan fingerprint density at radius 1 is 1.12 bits per heavy atom. The molecule has 136 valence electrons. The lowest BCUT2D eigenvalue weighted by Gasteiger charge is -2.36. The third-order valence-electron chi connectivity index (χ3n) is 4.45. The molecule has 1 fully saturated rings. The average Bonchev–Trinajstić information content (AvgIpc) is 3.12. The summed E-state index contributed by atoms with van der Waals surface area (Å²) in [6.07, 6.45) is 0. The molecule has 1 N–H and O–H groups in total. The van der Waals surface area contributed by atoms with Crippen molar-refractivity contribution in [1.29, 1.82) is 0 Å². The zero-order valence-corrected chi connectivity index (χ0v) is 15.7. The first-order valence-corrected chi connectivity index (χ1v) is 8.76. The van der Waals surface area contributed by atoms with Crippen molar-refractivity contribution in [2.45, 2.75) is 12.6 Å². The zero-order chi connectivity index (χ0) is 17.1. The average molecular weight is 391 g/mol. The van der Waals surface area contributed by atoms with Gasteiger partial charge in [0, 0.05) is 36.3 Å². The second kappa shape index (κ2) is 8.64. The van der Waals surface area contributed by atoms with Crippen LogP contribution in [0.1, 0.15) is 17.4 Å². The van der Waals surface area contributed by atoms with Crippen molar-refractivity contribution in [3.63, 3.8) is 0 Å². The van der Waals surface area contributed by atoms with Crippen LogP contribution in [-0.4, -0.2) is 34.7 Å². The van der Waals surface area contributed by atoms with Crippen molar-refractivity contribution in [3.05, 3.63) is 71.0 Å². The Hall–Kier alpha value is -1.92. The smallest absolute Gasteiger partial charge is 0.257 e. The number of hydrogen-bond donors (Lipinski definition) is 1. The van der Waals surface area contributed by atoms with Crippen molar-refractivity contribution in [1.82, 2.24) is 20.4 Å². The maximum atomic E-state index is 6.41.